The SMILES string of the molecule is Nc1nc(N)nc(N(S)CO)n1. The largest absolute Gasteiger partial charge is 0.375 e. The second-order valence-electron chi connectivity index (χ2n) is 1.89. The molecular weight excluding hydrogens is 180 g/mol. The van der Waals surface area contributed by atoms with Gasteiger partial charge in [0.1, 0.15) is 6.73 Å². The molecule has 1 aromatic heterocycles. The third kappa shape index (κ3) is 1.86. The Bertz CT molecular complexity index is 260. The average Bonchev–Trinajstić information content (AvgIpc) is 2.01. The van der Waals surface area contributed by atoms with Crippen LogP contribution >= 0.6 is 12.8 Å². The first-order valence-electron chi connectivity index (χ1n) is 2.98. The van der Waals surface area contributed by atoms with Gasteiger partial charge in [0.15, 0.2) is 0 Å². The third-order valence-electron chi connectivity index (χ3n) is 1.02. The highest BCUT2D eigenvalue weighted by Crippen LogP contribution is 2.10. The number of hydrogen-bond acceptors (Lipinski definition) is 8. The maximum absolute atomic E-state index is 8.64. The van der Waals surface area contributed by atoms with E-state index in [1.54, 1.807) is 0 Å². The number of anilines is 3. The molecule has 0 aromatic carbocycles. The van der Waals surface area contributed by atoms with Gasteiger partial charge in [0, 0.05) is 0 Å². The summed E-state index contributed by atoms with van der Waals surface area (Å²) in [7, 11) is 0. The second kappa shape index (κ2) is 3.41. The molecule has 1 rings (SSSR count). The van der Waals surface area contributed by atoms with Crippen LogP contribution in [0, 0.1) is 0 Å². The van der Waals surface area contributed by atoms with Gasteiger partial charge in [-0.1, -0.05) is 12.8 Å². The lowest BCUT2D eigenvalue weighted by Gasteiger charge is -2.11. The highest BCUT2D eigenvalue weighted by atomic mass is 32.1. The summed E-state index contributed by atoms with van der Waals surface area (Å²) < 4.78 is 1.08. The van der Waals surface area contributed by atoms with E-state index in [1.165, 1.54) is 0 Å². The summed E-state index contributed by atoms with van der Waals surface area (Å²) in [5.41, 5.74) is 10.5. The summed E-state index contributed by atoms with van der Waals surface area (Å²) in [5.74, 6) is 0.0980. The van der Waals surface area contributed by atoms with E-state index in [2.05, 4.69) is 27.8 Å². The Balaban J connectivity index is 3.00. The number of aliphatic hydroxyl groups excluding tert-OH is 1. The molecule has 0 amide bonds. The molecule has 5 N–H and O–H groups in total. The van der Waals surface area contributed by atoms with Crippen molar-refractivity contribution in [1.82, 2.24) is 15.0 Å². The average molecular weight is 188 g/mol. The molecule has 0 atom stereocenters. The number of thiol groups is 1. The van der Waals surface area contributed by atoms with E-state index in [1.807, 2.05) is 0 Å². The topological polar surface area (TPSA) is 114 Å². The monoisotopic (exact) mass is 188 g/mol. The number of aliphatic hydroxyl groups is 1. The first kappa shape index (κ1) is 8.81. The molecule has 0 unspecified atom stereocenters. The molecule has 0 saturated heterocycles. The molecule has 7 nitrogen and oxygen atoms in total. The molecule has 1 heterocycles. The Kier molecular flexibility index (Phi) is 2.51. The normalized spacial score (nSPS) is 9.83. The number of rotatable bonds is 2. The van der Waals surface area contributed by atoms with Crippen molar-refractivity contribution < 1.29 is 5.11 Å². The lowest BCUT2D eigenvalue weighted by atomic mass is 10.8. The van der Waals surface area contributed by atoms with Crippen LogP contribution in [0.3, 0.4) is 0 Å². The van der Waals surface area contributed by atoms with Gasteiger partial charge >= 0.3 is 0 Å². The van der Waals surface area contributed by atoms with Crippen molar-refractivity contribution in [2.45, 2.75) is 0 Å². The van der Waals surface area contributed by atoms with E-state index in [9.17, 15) is 0 Å². The lowest BCUT2D eigenvalue weighted by molar-refractivity contribution is 0.311. The number of nitrogens with zero attached hydrogens (tertiary/aromatic N) is 4. The fraction of sp³-hybridized carbons (Fsp3) is 0.250. The molecule has 0 spiro atoms. The standard InChI is InChI=1S/C4H8N6OS/c5-2-7-3(6)9-4(8-2)10(12)1-11/h11-12H,1H2,(H4,5,6,7,8,9). The summed E-state index contributed by atoms with van der Waals surface area (Å²) in [6.45, 7) is -0.341. The van der Waals surface area contributed by atoms with Gasteiger partial charge < -0.3 is 16.6 Å². The zero-order valence-corrected chi connectivity index (χ0v) is 6.94. The van der Waals surface area contributed by atoms with Crippen molar-refractivity contribution in [2.75, 3.05) is 22.5 Å². The Morgan fingerprint density at radius 1 is 1.25 bits per heavy atom. The first-order valence-corrected chi connectivity index (χ1v) is 3.38. The maximum atomic E-state index is 8.64. The minimum Gasteiger partial charge on any atom is -0.375 e. The van der Waals surface area contributed by atoms with Crippen LogP contribution in [0.5, 0.6) is 0 Å². The summed E-state index contributed by atoms with van der Waals surface area (Å²) in [6, 6.07) is 0. The van der Waals surface area contributed by atoms with Gasteiger partial charge in [-0.25, -0.2) is 0 Å². The van der Waals surface area contributed by atoms with Crippen LogP contribution < -0.4 is 15.8 Å². The van der Waals surface area contributed by atoms with E-state index in [0.717, 1.165) is 4.31 Å². The van der Waals surface area contributed by atoms with Gasteiger partial charge in [-0.3, -0.25) is 4.31 Å². The van der Waals surface area contributed by atoms with Crippen molar-refractivity contribution in [1.29, 1.82) is 0 Å². The van der Waals surface area contributed by atoms with Crippen LogP contribution in [0.1, 0.15) is 0 Å². The van der Waals surface area contributed by atoms with Crippen LogP contribution in [0.25, 0.3) is 0 Å². The smallest absolute Gasteiger partial charge is 0.244 e. The highest BCUT2D eigenvalue weighted by Gasteiger charge is 2.06. The van der Waals surface area contributed by atoms with Crippen molar-refractivity contribution in [3.8, 4) is 0 Å². The second-order valence-corrected chi connectivity index (χ2v) is 2.38. The van der Waals surface area contributed by atoms with E-state index >= 15 is 0 Å². The van der Waals surface area contributed by atoms with E-state index in [-0.39, 0.29) is 24.6 Å². The van der Waals surface area contributed by atoms with Gasteiger partial charge in [-0.2, -0.15) is 15.0 Å². The van der Waals surface area contributed by atoms with Gasteiger partial charge in [0.25, 0.3) is 0 Å². The van der Waals surface area contributed by atoms with E-state index in [4.69, 9.17) is 16.6 Å². The molecule has 0 aliphatic rings. The van der Waals surface area contributed by atoms with Crippen LogP contribution in [-0.2, 0) is 0 Å². The first-order chi connectivity index (χ1) is 5.63. The molecule has 12 heavy (non-hydrogen) atoms. The van der Waals surface area contributed by atoms with E-state index < -0.39 is 0 Å². The van der Waals surface area contributed by atoms with Crippen LogP contribution in [0.4, 0.5) is 17.8 Å². The number of nitrogen functional groups attached to an aromatic ring is 2. The molecule has 0 saturated carbocycles. The van der Waals surface area contributed by atoms with Gasteiger partial charge in [0.05, 0.1) is 0 Å². The highest BCUT2D eigenvalue weighted by molar-refractivity contribution is 7.81. The lowest BCUT2D eigenvalue weighted by Crippen LogP contribution is -2.16. The summed E-state index contributed by atoms with van der Waals surface area (Å²) in [6.07, 6.45) is 0. The minimum atomic E-state index is -0.341. The molecule has 0 bridgehead atoms. The molecule has 1 aromatic rings. The van der Waals surface area contributed by atoms with Crippen molar-refractivity contribution >= 4 is 30.7 Å². The Labute approximate surface area is 74.0 Å². The van der Waals surface area contributed by atoms with E-state index in [0.29, 0.717) is 0 Å². The Morgan fingerprint density at radius 2 is 1.75 bits per heavy atom. The van der Waals surface area contributed by atoms with Crippen LogP contribution in [0.15, 0.2) is 0 Å². The maximum Gasteiger partial charge on any atom is 0.244 e. The summed E-state index contributed by atoms with van der Waals surface area (Å²) in [4.78, 5) is 10.9. The van der Waals surface area contributed by atoms with Crippen LogP contribution in [-0.4, -0.2) is 26.8 Å². The molecule has 0 fully saturated rings. The van der Waals surface area contributed by atoms with Crippen LogP contribution in [0.2, 0.25) is 0 Å². The fourth-order valence-corrected chi connectivity index (χ4v) is 0.665. The number of hydrogen-bond donors (Lipinski definition) is 4. The zero-order valence-electron chi connectivity index (χ0n) is 6.05. The predicted octanol–water partition coefficient (Wildman–Crippen LogP) is -1.36. The van der Waals surface area contributed by atoms with Gasteiger partial charge in [0.2, 0.25) is 17.8 Å². The zero-order chi connectivity index (χ0) is 9.14. The fourth-order valence-electron chi connectivity index (χ4n) is 0.576. The molecule has 0 radical (unpaired) electrons. The van der Waals surface area contributed by atoms with Crippen molar-refractivity contribution in [3.63, 3.8) is 0 Å². The Morgan fingerprint density at radius 3 is 2.17 bits per heavy atom. The summed E-state index contributed by atoms with van der Waals surface area (Å²) >= 11 is 3.83. The molecular formula is C4H8N6OS. The predicted molar refractivity (Wildman–Crippen MR) is 47.2 cm³/mol. The van der Waals surface area contributed by atoms with Crippen molar-refractivity contribution in [3.05, 3.63) is 0 Å². The number of nitrogens with two attached hydrogens (primary N) is 2. The Hall–Kier alpha value is -1.28. The molecule has 0 aliphatic heterocycles. The number of aromatic nitrogens is 3. The third-order valence-corrected chi connectivity index (χ3v) is 1.33. The van der Waals surface area contributed by atoms with Crippen molar-refractivity contribution in [2.24, 2.45) is 0 Å². The summed E-state index contributed by atoms with van der Waals surface area (Å²) in [5, 5.41) is 8.64. The quantitative estimate of drug-likeness (QED) is 0.334. The molecule has 8 heteroatoms. The molecule has 66 valence electrons. The minimum absolute atomic E-state index is 0.00926. The van der Waals surface area contributed by atoms with Gasteiger partial charge in [-0.15, -0.1) is 0 Å². The molecule has 0 aliphatic carbocycles. The van der Waals surface area contributed by atoms with Gasteiger partial charge in [-0.05, 0) is 0 Å².